The summed E-state index contributed by atoms with van der Waals surface area (Å²) in [6.07, 6.45) is 4.00. The van der Waals surface area contributed by atoms with Gasteiger partial charge in [0.2, 0.25) is 0 Å². The van der Waals surface area contributed by atoms with Gasteiger partial charge in [0.05, 0.1) is 5.69 Å². The fraction of sp³-hybridized carbons (Fsp3) is 0.348. The van der Waals surface area contributed by atoms with E-state index >= 15 is 0 Å². The summed E-state index contributed by atoms with van der Waals surface area (Å²) in [6.45, 7) is 11.6. The van der Waals surface area contributed by atoms with Crippen LogP contribution in [0.2, 0.25) is 0 Å². The number of nitrogens with zero attached hydrogens (tertiary/aromatic N) is 1. The van der Waals surface area contributed by atoms with Gasteiger partial charge in [-0.1, -0.05) is 50.2 Å². The van der Waals surface area contributed by atoms with E-state index in [2.05, 4.69) is 54.0 Å². The maximum Gasteiger partial charge on any atom is 0.199 e. The average Bonchev–Trinajstić information content (AvgIpc) is 3.15. The van der Waals surface area contributed by atoms with Gasteiger partial charge in [0.15, 0.2) is 6.71 Å². The zero-order valence-electron chi connectivity index (χ0n) is 17.3. The topological polar surface area (TPSA) is 77.0 Å². The molecule has 4 rings (SSSR count). The number of benzene rings is 1. The smallest absolute Gasteiger partial charge is 0.199 e. The maximum absolute atomic E-state index is 5.87. The van der Waals surface area contributed by atoms with Crippen LogP contribution in [0.1, 0.15) is 54.3 Å². The van der Waals surface area contributed by atoms with Crippen LogP contribution in [0.25, 0.3) is 11.3 Å². The molecule has 1 aromatic heterocycles. The summed E-state index contributed by atoms with van der Waals surface area (Å²) in [5.74, 6) is 2.80. The predicted octanol–water partition coefficient (Wildman–Crippen LogP) is 3.28. The first-order valence-corrected chi connectivity index (χ1v) is 10.2. The van der Waals surface area contributed by atoms with Gasteiger partial charge in [-0.25, -0.2) is 0 Å². The molecule has 0 saturated heterocycles. The highest BCUT2D eigenvalue weighted by atomic mass is 14.9. The predicted molar refractivity (Wildman–Crippen MR) is 121 cm³/mol. The minimum atomic E-state index is 0.420. The van der Waals surface area contributed by atoms with Gasteiger partial charge in [0.25, 0.3) is 0 Å². The summed E-state index contributed by atoms with van der Waals surface area (Å²) in [5, 5.41) is 3.71. The third kappa shape index (κ3) is 3.78. The van der Waals surface area contributed by atoms with Gasteiger partial charge in [-0.2, -0.15) is 0 Å². The largest absolute Gasteiger partial charge is 0.389 e. The van der Waals surface area contributed by atoms with Crippen LogP contribution in [0, 0.1) is 0 Å². The SMILES string of the molecule is C=C(C)c1cccc2c1CB1C=C(c3cnc(CN)c(CN)c3)NC1C2.CC. The fourth-order valence-corrected chi connectivity index (χ4v) is 4.25. The maximum atomic E-state index is 5.87. The van der Waals surface area contributed by atoms with Crippen molar-refractivity contribution in [3.05, 3.63) is 76.5 Å². The lowest BCUT2D eigenvalue weighted by molar-refractivity contribution is 0.748. The van der Waals surface area contributed by atoms with Crippen LogP contribution in [-0.2, 0) is 25.8 Å². The van der Waals surface area contributed by atoms with Crippen molar-refractivity contribution < 1.29 is 0 Å². The zero-order chi connectivity index (χ0) is 20.3. The molecule has 0 amide bonds. The van der Waals surface area contributed by atoms with Crippen LogP contribution >= 0.6 is 0 Å². The molecule has 3 heterocycles. The molecule has 1 atom stereocenters. The number of pyridine rings is 1. The Morgan fingerprint density at radius 1 is 1.29 bits per heavy atom. The molecule has 28 heavy (non-hydrogen) atoms. The van der Waals surface area contributed by atoms with E-state index in [0.717, 1.165) is 40.8 Å². The Kier molecular flexibility index (Phi) is 6.37. The minimum absolute atomic E-state index is 0.420. The van der Waals surface area contributed by atoms with E-state index in [1.54, 1.807) is 0 Å². The third-order valence-electron chi connectivity index (χ3n) is 5.64. The number of fused-ring (bicyclic) bond motifs is 2. The van der Waals surface area contributed by atoms with Crippen LogP contribution in [0.15, 0.2) is 43.0 Å². The summed E-state index contributed by atoms with van der Waals surface area (Å²) in [5.41, 5.74) is 21.1. The molecule has 0 spiro atoms. The Morgan fingerprint density at radius 2 is 2.07 bits per heavy atom. The molecule has 0 fully saturated rings. The van der Waals surface area contributed by atoms with Crippen LogP contribution in [0.3, 0.4) is 0 Å². The van der Waals surface area contributed by atoms with Gasteiger partial charge in [0, 0.05) is 36.5 Å². The molecular weight excluding hydrogens is 343 g/mol. The van der Waals surface area contributed by atoms with Gasteiger partial charge in [0.1, 0.15) is 0 Å². The van der Waals surface area contributed by atoms with Crippen LogP contribution in [-0.4, -0.2) is 17.6 Å². The van der Waals surface area contributed by atoms with Crippen molar-refractivity contribution in [2.45, 2.75) is 52.5 Å². The van der Waals surface area contributed by atoms with Crippen molar-refractivity contribution in [1.29, 1.82) is 0 Å². The Labute approximate surface area is 169 Å². The second kappa shape index (κ2) is 8.76. The first-order chi connectivity index (χ1) is 13.6. The molecule has 0 saturated carbocycles. The second-order valence-corrected chi connectivity index (χ2v) is 7.36. The summed E-state index contributed by atoms with van der Waals surface area (Å²) >= 11 is 0. The van der Waals surface area contributed by atoms with Crippen molar-refractivity contribution in [2.24, 2.45) is 11.5 Å². The molecule has 2 aromatic rings. The molecule has 5 heteroatoms. The average molecular weight is 374 g/mol. The number of allylic oxidation sites excluding steroid dienone is 1. The molecule has 2 aliphatic heterocycles. The molecule has 1 aromatic carbocycles. The molecule has 0 aliphatic carbocycles. The Hall–Kier alpha value is -2.37. The third-order valence-corrected chi connectivity index (χ3v) is 5.64. The number of nitrogens with two attached hydrogens (primary N) is 2. The quantitative estimate of drug-likeness (QED) is 0.718. The van der Waals surface area contributed by atoms with Gasteiger partial charge in [-0.15, -0.1) is 0 Å². The molecule has 0 radical (unpaired) electrons. The van der Waals surface area contributed by atoms with Gasteiger partial charge in [-0.3, -0.25) is 4.98 Å². The number of hydrogen-bond donors (Lipinski definition) is 3. The highest BCUT2D eigenvalue weighted by molar-refractivity contribution is 6.68. The first-order valence-electron chi connectivity index (χ1n) is 10.2. The van der Waals surface area contributed by atoms with Crippen LogP contribution in [0.4, 0.5) is 0 Å². The number of aromatic nitrogens is 1. The van der Waals surface area contributed by atoms with E-state index in [1.807, 2.05) is 20.0 Å². The highest BCUT2D eigenvalue weighted by Crippen LogP contribution is 2.32. The Bertz CT molecular complexity index is 903. The van der Waals surface area contributed by atoms with Gasteiger partial charge < -0.3 is 16.8 Å². The number of nitrogens with one attached hydrogen (secondary N) is 1. The molecule has 1 unspecified atom stereocenters. The highest BCUT2D eigenvalue weighted by Gasteiger charge is 2.36. The Morgan fingerprint density at radius 3 is 2.75 bits per heavy atom. The van der Waals surface area contributed by atoms with Crippen LogP contribution < -0.4 is 16.8 Å². The molecule has 146 valence electrons. The van der Waals surface area contributed by atoms with Gasteiger partial charge >= 0.3 is 0 Å². The van der Waals surface area contributed by atoms with Gasteiger partial charge in [-0.05, 0) is 48.0 Å². The van der Waals surface area contributed by atoms with Crippen molar-refractivity contribution in [3.8, 4) is 0 Å². The summed E-state index contributed by atoms with van der Waals surface area (Å²) in [6, 6.07) is 8.71. The lowest BCUT2D eigenvalue weighted by Gasteiger charge is -2.28. The normalized spacial score (nSPS) is 17.0. The van der Waals surface area contributed by atoms with E-state index in [4.69, 9.17) is 11.5 Å². The first kappa shape index (κ1) is 20.4. The standard InChI is InChI=1S/C21H25BN4.C2H6/c1-13(2)17-5-3-4-14-7-21-22(8-18(14)17)9-19(26-21)16-6-15(10-23)20(11-24)25-12-16;1-2/h3-6,9,12,21,26H,1,7-8,10-11,23-24H2,2H3;1-2H3. The van der Waals surface area contributed by atoms with E-state index in [-0.39, 0.29) is 0 Å². The summed E-state index contributed by atoms with van der Waals surface area (Å²) < 4.78 is 0. The fourth-order valence-electron chi connectivity index (χ4n) is 4.25. The van der Waals surface area contributed by atoms with E-state index in [9.17, 15) is 0 Å². The Balaban J connectivity index is 0.00000109. The zero-order valence-corrected chi connectivity index (χ0v) is 17.3. The number of rotatable bonds is 4. The van der Waals surface area contributed by atoms with E-state index in [1.165, 1.54) is 16.7 Å². The van der Waals surface area contributed by atoms with Crippen LogP contribution in [0.5, 0.6) is 0 Å². The van der Waals surface area contributed by atoms with E-state index in [0.29, 0.717) is 25.7 Å². The molecule has 5 N–H and O–H groups in total. The molecular formula is C23H31BN4. The minimum Gasteiger partial charge on any atom is -0.389 e. The lowest BCUT2D eigenvalue weighted by atomic mass is 9.39. The summed E-state index contributed by atoms with van der Waals surface area (Å²) in [4.78, 5) is 4.51. The van der Waals surface area contributed by atoms with Crippen molar-refractivity contribution in [2.75, 3.05) is 0 Å². The second-order valence-electron chi connectivity index (χ2n) is 7.36. The molecule has 4 nitrogen and oxygen atoms in total. The molecule has 2 aliphatic rings. The van der Waals surface area contributed by atoms with Crippen molar-refractivity contribution in [3.63, 3.8) is 0 Å². The van der Waals surface area contributed by atoms with Crippen molar-refractivity contribution >= 4 is 18.0 Å². The summed E-state index contributed by atoms with van der Waals surface area (Å²) in [7, 11) is 0. The monoisotopic (exact) mass is 374 g/mol. The molecule has 0 bridgehead atoms. The number of hydrogen-bond acceptors (Lipinski definition) is 4. The van der Waals surface area contributed by atoms with E-state index < -0.39 is 0 Å². The lowest BCUT2D eigenvalue weighted by Crippen LogP contribution is -2.42. The van der Waals surface area contributed by atoms with Crippen molar-refractivity contribution in [1.82, 2.24) is 10.3 Å².